The van der Waals surface area contributed by atoms with Crippen molar-refractivity contribution >= 4 is 5.82 Å². The molecule has 1 aromatic rings. The summed E-state index contributed by atoms with van der Waals surface area (Å²) in [6.45, 7) is 11.5. The van der Waals surface area contributed by atoms with Gasteiger partial charge in [-0.15, -0.1) is 0 Å². The van der Waals surface area contributed by atoms with E-state index in [1.807, 2.05) is 0 Å². The number of nitrogens with one attached hydrogen (secondary N) is 1. The summed E-state index contributed by atoms with van der Waals surface area (Å²) in [7, 11) is 0. The quantitative estimate of drug-likeness (QED) is 0.899. The summed E-state index contributed by atoms with van der Waals surface area (Å²) in [6.07, 6.45) is 3.70. The van der Waals surface area contributed by atoms with Crippen molar-refractivity contribution in [3.63, 3.8) is 0 Å². The standard InChI is InChI=1S/C17H28FN3/c1-12(2)9-19-10-15-8-16(18)11-20-17(15)21-6-5-13(3)7-14(21)4/h8,11-14,19H,5-7,9-10H2,1-4H3. The topological polar surface area (TPSA) is 28.2 Å². The summed E-state index contributed by atoms with van der Waals surface area (Å²) in [6, 6.07) is 2.09. The second-order valence-corrected chi connectivity index (χ2v) is 6.83. The average Bonchev–Trinajstić information content (AvgIpc) is 2.39. The minimum atomic E-state index is -0.252. The largest absolute Gasteiger partial charge is 0.354 e. The number of hydrogen-bond donors (Lipinski definition) is 1. The molecule has 0 radical (unpaired) electrons. The lowest BCUT2D eigenvalue weighted by atomic mass is 9.93. The first-order chi connectivity index (χ1) is 9.97. The van der Waals surface area contributed by atoms with Crippen molar-refractivity contribution in [3.8, 4) is 0 Å². The van der Waals surface area contributed by atoms with Crippen LogP contribution >= 0.6 is 0 Å². The van der Waals surface area contributed by atoms with Crippen LogP contribution in [0, 0.1) is 17.7 Å². The van der Waals surface area contributed by atoms with Crippen LogP contribution in [0.15, 0.2) is 12.3 Å². The van der Waals surface area contributed by atoms with Gasteiger partial charge < -0.3 is 10.2 Å². The van der Waals surface area contributed by atoms with E-state index in [4.69, 9.17) is 0 Å². The first-order valence-corrected chi connectivity index (χ1v) is 8.09. The van der Waals surface area contributed by atoms with E-state index < -0.39 is 0 Å². The lowest BCUT2D eigenvalue weighted by Gasteiger charge is -2.38. The summed E-state index contributed by atoms with van der Waals surface area (Å²) in [5.74, 6) is 2.05. The predicted molar refractivity (Wildman–Crippen MR) is 85.9 cm³/mol. The molecule has 1 aliphatic rings. The van der Waals surface area contributed by atoms with Crippen molar-refractivity contribution in [2.45, 2.75) is 53.1 Å². The van der Waals surface area contributed by atoms with Crippen LogP contribution in [-0.4, -0.2) is 24.1 Å². The van der Waals surface area contributed by atoms with E-state index in [-0.39, 0.29) is 5.82 Å². The van der Waals surface area contributed by atoms with Crippen LogP contribution in [0.2, 0.25) is 0 Å². The molecule has 3 nitrogen and oxygen atoms in total. The van der Waals surface area contributed by atoms with Gasteiger partial charge in [-0.1, -0.05) is 20.8 Å². The zero-order chi connectivity index (χ0) is 15.4. The Kier molecular flexibility index (Phi) is 5.57. The lowest BCUT2D eigenvalue weighted by Crippen LogP contribution is -2.41. The fraction of sp³-hybridized carbons (Fsp3) is 0.706. The van der Waals surface area contributed by atoms with Crippen LogP contribution < -0.4 is 10.2 Å². The third-order valence-corrected chi connectivity index (χ3v) is 4.19. The number of pyridine rings is 1. The van der Waals surface area contributed by atoms with Gasteiger partial charge in [0.05, 0.1) is 6.20 Å². The normalized spacial score (nSPS) is 22.9. The molecule has 2 atom stereocenters. The van der Waals surface area contributed by atoms with E-state index in [9.17, 15) is 4.39 Å². The van der Waals surface area contributed by atoms with Gasteiger partial charge in [0.2, 0.25) is 0 Å². The Morgan fingerprint density at radius 2 is 2.19 bits per heavy atom. The molecular weight excluding hydrogens is 265 g/mol. The molecule has 1 N–H and O–H groups in total. The highest BCUT2D eigenvalue weighted by atomic mass is 19.1. The summed E-state index contributed by atoms with van der Waals surface area (Å²) in [5.41, 5.74) is 0.969. The highest BCUT2D eigenvalue weighted by Gasteiger charge is 2.25. The zero-order valence-electron chi connectivity index (χ0n) is 13.7. The van der Waals surface area contributed by atoms with Crippen molar-refractivity contribution < 1.29 is 4.39 Å². The number of halogens is 1. The second kappa shape index (κ2) is 7.21. The second-order valence-electron chi connectivity index (χ2n) is 6.83. The van der Waals surface area contributed by atoms with Crippen LogP contribution in [0.5, 0.6) is 0 Å². The van der Waals surface area contributed by atoms with Crippen molar-refractivity contribution in [2.24, 2.45) is 11.8 Å². The van der Waals surface area contributed by atoms with Crippen LogP contribution in [0.25, 0.3) is 0 Å². The number of hydrogen-bond acceptors (Lipinski definition) is 3. The monoisotopic (exact) mass is 293 g/mol. The highest BCUT2D eigenvalue weighted by Crippen LogP contribution is 2.29. The molecule has 0 bridgehead atoms. The van der Waals surface area contributed by atoms with Gasteiger partial charge >= 0.3 is 0 Å². The number of aromatic nitrogens is 1. The van der Waals surface area contributed by atoms with Crippen LogP contribution in [0.3, 0.4) is 0 Å². The van der Waals surface area contributed by atoms with E-state index in [0.717, 1.165) is 30.4 Å². The van der Waals surface area contributed by atoms with Crippen molar-refractivity contribution in [3.05, 3.63) is 23.6 Å². The Morgan fingerprint density at radius 1 is 1.43 bits per heavy atom. The van der Waals surface area contributed by atoms with Gasteiger partial charge in [0.25, 0.3) is 0 Å². The smallest absolute Gasteiger partial charge is 0.141 e. The summed E-state index contributed by atoms with van der Waals surface area (Å²) in [4.78, 5) is 6.73. The number of anilines is 1. The molecule has 0 aromatic carbocycles. The predicted octanol–water partition coefficient (Wildman–Crippen LogP) is 3.59. The molecule has 0 spiro atoms. The van der Waals surface area contributed by atoms with Gasteiger partial charge in [0.1, 0.15) is 11.6 Å². The Labute approximate surface area is 127 Å². The molecule has 0 aliphatic carbocycles. The Morgan fingerprint density at radius 3 is 2.86 bits per heavy atom. The third-order valence-electron chi connectivity index (χ3n) is 4.19. The molecule has 0 saturated carbocycles. The van der Waals surface area contributed by atoms with Crippen LogP contribution in [-0.2, 0) is 6.54 Å². The molecule has 1 saturated heterocycles. The molecule has 118 valence electrons. The van der Waals surface area contributed by atoms with Gasteiger partial charge in [-0.25, -0.2) is 9.37 Å². The van der Waals surface area contributed by atoms with Gasteiger partial charge in [0.15, 0.2) is 0 Å². The van der Waals surface area contributed by atoms with E-state index in [1.54, 1.807) is 6.07 Å². The average molecular weight is 293 g/mol. The van der Waals surface area contributed by atoms with Crippen molar-refractivity contribution in [2.75, 3.05) is 18.0 Å². The molecule has 4 heteroatoms. The Bertz CT molecular complexity index is 461. The molecule has 2 unspecified atom stereocenters. The van der Waals surface area contributed by atoms with E-state index in [2.05, 4.69) is 42.9 Å². The third kappa shape index (κ3) is 4.40. The molecule has 1 fully saturated rings. The van der Waals surface area contributed by atoms with E-state index in [1.165, 1.54) is 19.0 Å². The van der Waals surface area contributed by atoms with Gasteiger partial charge in [0, 0.05) is 24.7 Å². The minimum Gasteiger partial charge on any atom is -0.354 e. The zero-order valence-corrected chi connectivity index (χ0v) is 13.7. The maximum atomic E-state index is 13.6. The first-order valence-electron chi connectivity index (χ1n) is 8.09. The number of nitrogens with zero attached hydrogens (tertiary/aromatic N) is 2. The fourth-order valence-corrected chi connectivity index (χ4v) is 3.08. The van der Waals surface area contributed by atoms with Crippen LogP contribution in [0.1, 0.15) is 46.1 Å². The molecular formula is C17H28FN3. The lowest BCUT2D eigenvalue weighted by molar-refractivity contribution is 0.375. The molecule has 0 amide bonds. The molecule has 2 rings (SSSR count). The van der Waals surface area contributed by atoms with Crippen molar-refractivity contribution in [1.82, 2.24) is 10.3 Å². The highest BCUT2D eigenvalue weighted by molar-refractivity contribution is 5.48. The minimum absolute atomic E-state index is 0.252. The van der Waals surface area contributed by atoms with Gasteiger partial charge in [-0.3, -0.25) is 0 Å². The molecule has 1 aromatic heterocycles. The molecule has 21 heavy (non-hydrogen) atoms. The Hall–Kier alpha value is -1.16. The van der Waals surface area contributed by atoms with E-state index in [0.29, 0.717) is 18.5 Å². The van der Waals surface area contributed by atoms with Gasteiger partial charge in [-0.2, -0.15) is 0 Å². The maximum absolute atomic E-state index is 13.6. The number of rotatable bonds is 5. The first kappa shape index (κ1) is 16.2. The summed E-state index contributed by atoms with van der Waals surface area (Å²) >= 11 is 0. The SMILES string of the molecule is CC(C)CNCc1cc(F)cnc1N1CCC(C)CC1C. The number of piperidine rings is 1. The summed E-state index contributed by atoms with van der Waals surface area (Å²) < 4.78 is 13.6. The Balaban J connectivity index is 2.14. The van der Waals surface area contributed by atoms with Gasteiger partial charge in [-0.05, 0) is 44.2 Å². The van der Waals surface area contributed by atoms with Crippen molar-refractivity contribution in [1.29, 1.82) is 0 Å². The molecule has 1 aliphatic heterocycles. The molecule has 2 heterocycles. The maximum Gasteiger partial charge on any atom is 0.141 e. The summed E-state index contributed by atoms with van der Waals surface area (Å²) in [5, 5.41) is 3.40. The van der Waals surface area contributed by atoms with Crippen LogP contribution in [0.4, 0.5) is 10.2 Å². The van der Waals surface area contributed by atoms with E-state index >= 15 is 0 Å². The fourth-order valence-electron chi connectivity index (χ4n) is 3.08.